The molecule has 0 N–H and O–H groups in total. The van der Waals surface area contributed by atoms with E-state index in [1.807, 2.05) is 0 Å². The zero-order chi connectivity index (χ0) is 10.5. The topological polar surface area (TPSA) is 50.1 Å². The quantitative estimate of drug-likeness (QED) is 0.399. The molecule has 0 amide bonds. The van der Waals surface area contributed by atoms with Gasteiger partial charge in [0, 0.05) is 6.08 Å². The molecule has 0 unspecified atom stereocenters. The van der Waals surface area contributed by atoms with E-state index in [9.17, 15) is 4.79 Å². The fourth-order valence-electron chi connectivity index (χ4n) is 0.349. The van der Waals surface area contributed by atoms with Crippen LogP contribution < -0.4 is 0 Å². The third kappa shape index (κ3) is 17.9. The highest BCUT2D eigenvalue weighted by Crippen LogP contribution is 1.87. The van der Waals surface area contributed by atoms with E-state index < -0.39 is 5.97 Å². The summed E-state index contributed by atoms with van der Waals surface area (Å²) >= 11 is 4.76. The number of hydrogen-bond donors (Lipinski definition) is 0. The molecule has 0 rings (SSSR count). The summed E-state index contributed by atoms with van der Waals surface area (Å²) in [7, 11) is 0. The van der Waals surface area contributed by atoms with Crippen molar-refractivity contribution in [1.82, 2.24) is 0 Å². The SMILES string of the molecule is C=CCl.C=COC(=O)CC=CC#N. The Bertz CT molecular complexity index is 228. The van der Waals surface area contributed by atoms with Gasteiger partial charge in [0.15, 0.2) is 0 Å². The number of halogens is 1. The van der Waals surface area contributed by atoms with E-state index in [0.29, 0.717) is 0 Å². The van der Waals surface area contributed by atoms with Crippen LogP contribution in [0, 0.1) is 11.3 Å². The molecule has 0 aromatic rings. The minimum Gasteiger partial charge on any atom is -0.435 e. The van der Waals surface area contributed by atoms with Crippen LogP contribution in [0.5, 0.6) is 0 Å². The fraction of sp³-hybridized carbons (Fsp3) is 0.111. The summed E-state index contributed by atoms with van der Waals surface area (Å²) < 4.78 is 4.35. The van der Waals surface area contributed by atoms with Gasteiger partial charge in [0.1, 0.15) is 0 Å². The predicted molar refractivity (Wildman–Crippen MR) is 51.7 cm³/mol. The smallest absolute Gasteiger partial charge is 0.314 e. The Morgan fingerprint density at radius 3 is 2.54 bits per heavy atom. The minimum absolute atomic E-state index is 0.111. The average molecular weight is 200 g/mol. The highest BCUT2D eigenvalue weighted by atomic mass is 35.5. The predicted octanol–water partition coefficient (Wildman–Crippen LogP) is 2.51. The molecule has 0 fully saturated rings. The largest absolute Gasteiger partial charge is 0.435 e. The van der Waals surface area contributed by atoms with Crippen LogP contribution in [0.4, 0.5) is 0 Å². The summed E-state index contributed by atoms with van der Waals surface area (Å²) in [6.07, 6.45) is 3.82. The molecule has 0 aliphatic carbocycles. The summed E-state index contributed by atoms with van der Waals surface area (Å²) in [6.45, 7) is 6.32. The second-order valence-corrected chi connectivity index (χ2v) is 1.86. The van der Waals surface area contributed by atoms with Crippen LogP contribution in [0.2, 0.25) is 0 Å². The summed E-state index contributed by atoms with van der Waals surface area (Å²) in [5, 5.41) is 8.00. The van der Waals surface area contributed by atoms with E-state index in [4.69, 9.17) is 16.9 Å². The number of ether oxygens (including phenoxy) is 1. The van der Waals surface area contributed by atoms with Gasteiger partial charge >= 0.3 is 5.97 Å². The number of hydrogen-bond acceptors (Lipinski definition) is 3. The number of carbonyl (C=O) groups is 1. The molecule has 0 bridgehead atoms. The van der Waals surface area contributed by atoms with E-state index in [1.54, 1.807) is 6.07 Å². The molecule has 0 spiro atoms. The van der Waals surface area contributed by atoms with Crippen LogP contribution in [0.25, 0.3) is 0 Å². The molecule has 0 aliphatic rings. The number of rotatable bonds is 3. The molecule has 0 aromatic heterocycles. The number of allylic oxidation sites excluding steroid dienone is 1. The van der Waals surface area contributed by atoms with Crippen LogP contribution in [0.3, 0.4) is 0 Å². The Balaban J connectivity index is 0. The summed E-state index contributed by atoms with van der Waals surface area (Å²) in [5.74, 6) is -0.415. The molecule has 0 aromatic carbocycles. The standard InChI is InChI=1S/C7H7NO2.C2H3Cl/c1-2-10-7(9)5-3-4-6-8;1-2-3/h2-4H,1,5H2;2H,1H2. The van der Waals surface area contributed by atoms with Crippen LogP contribution in [-0.4, -0.2) is 5.97 Å². The fourth-order valence-corrected chi connectivity index (χ4v) is 0.349. The van der Waals surface area contributed by atoms with Crippen molar-refractivity contribution < 1.29 is 9.53 Å². The third-order valence-electron chi connectivity index (χ3n) is 0.692. The van der Waals surface area contributed by atoms with Crippen molar-refractivity contribution >= 4 is 17.6 Å². The molecule has 0 saturated carbocycles. The van der Waals surface area contributed by atoms with Crippen molar-refractivity contribution in [3.8, 4) is 6.07 Å². The van der Waals surface area contributed by atoms with E-state index in [2.05, 4.69) is 17.9 Å². The van der Waals surface area contributed by atoms with Gasteiger partial charge < -0.3 is 4.74 Å². The average Bonchev–Trinajstić information content (AvgIpc) is 2.07. The van der Waals surface area contributed by atoms with Gasteiger partial charge in [0.2, 0.25) is 0 Å². The minimum atomic E-state index is -0.415. The third-order valence-corrected chi connectivity index (χ3v) is 0.692. The molecule has 4 heteroatoms. The van der Waals surface area contributed by atoms with E-state index >= 15 is 0 Å². The Morgan fingerprint density at radius 1 is 1.62 bits per heavy atom. The molecule has 3 nitrogen and oxygen atoms in total. The summed E-state index contributed by atoms with van der Waals surface area (Å²) in [6, 6.07) is 1.75. The van der Waals surface area contributed by atoms with Crippen molar-refractivity contribution in [2.45, 2.75) is 6.42 Å². The molecule has 13 heavy (non-hydrogen) atoms. The van der Waals surface area contributed by atoms with Crippen LogP contribution in [0.1, 0.15) is 6.42 Å². The zero-order valence-electron chi connectivity index (χ0n) is 7.07. The van der Waals surface area contributed by atoms with Gasteiger partial charge in [0.25, 0.3) is 0 Å². The van der Waals surface area contributed by atoms with Crippen molar-refractivity contribution in [2.24, 2.45) is 0 Å². The van der Waals surface area contributed by atoms with Gasteiger partial charge in [-0.25, -0.2) is 0 Å². The lowest BCUT2D eigenvalue weighted by molar-refractivity contribution is -0.136. The van der Waals surface area contributed by atoms with Gasteiger partial charge in [-0.05, 0) is 5.54 Å². The Kier molecular flexibility index (Phi) is 14.1. The zero-order valence-corrected chi connectivity index (χ0v) is 7.83. The number of carbonyl (C=O) groups excluding carboxylic acids is 1. The Morgan fingerprint density at radius 2 is 2.15 bits per heavy atom. The van der Waals surface area contributed by atoms with E-state index in [1.165, 1.54) is 17.7 Å². The van der Waals surface area contributed by atoms with Gasteiger partial charge in [-0.3, -0.25) is 4.79 Å². The molecule has 70 valence electrons. The highest BCUT2D eigenvalue weighted by Gasteiger charge is 1.93. The first-order valence-corrected chi connectivity index (χ1v) is 3.72. The van der Waals surface area contributed by atoms with Gasteiger partial charge in [-0.1, -0.05) is 30.8 Å². The first-order valence-electron chi connectivity index (χ1n) is 3.29. The first-order chi connectivity index (χ1) is 6.22. The summed E-state index contributed by atoms with van der Waals surface area (Å²) in [5.41, 5.74) is 1.22. The maximum atomic E-state index is 10.5. The molecule has 0 atom stereocenters. The molecule has 0 radical (unpaired) electrons. The first kappa shape index (κ1) is 14.0. The molecule has 0 saturated heterocycles. The lowest BCUT2D eigenvalue weighted by Crippen LogP contribution is -1.95. The Hall–Kier alpha value is -1.53. The molecule has 0 aliphatic heterocycles. The number of nitrogens with zero attached hydrogens (tertiary/aromatic N) is 1. The maximum Gasteiger partial charge on any atom is 0.314 e. The lowest BCUT2D eigenvalue weighted by atomic mass is 10.4. The van der Waals surface area contributed by atoms with Crippen LogP contribution in [0.15, 0.2) is 37.1 Å². The Labute approximate surface area is 82.6 Å². The second kappa shape index (κ2) is 13.1. The van der Waals surface area contributed by atoms with E-state index in [0.717, 1.165) is 6.26 Å². The van der Waals surface area contributed by atoms with Crippen molar-refractivity contribution in [3.05, 3.63) is 37.1 Å². The van der Waals surface area contributed by atoms with Crippen molar-refractivity contribution in [1.29, 1.82) is 5.26 Å². The highest BCUT2D eigenvalue weighted by molar-refractivity contribution is 6.25. The lowest BCUT2D eigenvalue weighted by Gasteiger charge is -1.90. The number of nitriles is 1. The molecular formula is C9H10ClNO2. The van der Waals surface area contributed by atoms with Gasteiger partial charge in [0.05, 0.1) is 18.8 Å². The van der Waals surface area contributed by atoms with Crippen LogP contribution >= 0.6 is 11.6 Å². The van der Waals surface area contributed by atoms with Crippen molar-refractivity contribution in [2.75, 3.05) is 0 Å². The summed E-state index contributed by atoms with van der Waals surface area (Å²) in [4.78, 5) is 10.5. The monoisotopic (exact) mass is 199 g/mol. The van der Waals surface area contributed by atoms with Gasteiger partial charge in [-0.15, -0.1) is 0 Å². The normalized spacial score (nSPS) is 7.69. The van der Waals surface area contributed by atoms with Gasteiger partial charge in [-0.2, -0.15) is 5.26 Å². The number of esters is 1. The van der Waals surface area contributed by atoms with E-state index in [-0.39, 0.29) is 6.42 Å². The second-order valence-electron chi connectivity index (χ2n) is 1.55. The van der Waals surface area contributed by atoms with Crippen LogP contribution in [-0.2, 0) is 9.53 Å². The molecular weight excluding hydrogens is 190 g/mol. The molecule has 0 heterocycles. The maximum absolute atomic E-state index is 10.5. The van der Waals surface area contributed by atoms with Crippen molar-refractivity contribution in [3.63, 3.8) is 0 Å².